The summed E-state index contributed by atoms with van der Waals surface area (Å²) in [6.07, 6.45) is 5.36. The fraction of sp³-hybridized carbons (Fsp3) is 0. The molecule has 15 aromatic rings. The topological polar surface area (TPSA) is 44.0 Å². The minimum atomic E-state index is -0.577. The van der Waals surface area contributed by atoms with Crippen molar-refractivity contribution in [1.29, 1.82) is 0 Å². The van der Waals surface area contributed by atoms with Crippen LogP contribution >= 0.6 is 0 Å². The zero-order chi connectivity index (χ0) is 60.9. The summed E-state index contributed by atoms with van der Waals surface area (Å²) >= 11 is 0. The second kappa shape index (κ2) is 19.1. The fourth-order valence-corrected chi connectivity index (χ4v) is 11.1. The van der Waals surface area contributed by atoms with E-state index < -0.39 is 60.4 Å². The maximum absolute atomic E-state index is 9.18. The number of anilines is 3. The molecule has 0 N–H and O–H groups in total. The van der Waals surface area contributed by atoms with Gasteiger partial charge < -0.3 is 14.2 Å². The quantitative estimate of drug-likeness (QED) is 0.0958. The average molecular weight is 1020 g/mol. The van der Waals surface area contributed by atoms with Crippen molar-refractivity contribution in [1.82, 2.24) is 18.7 Å². The largest absolute Gasteiger partial charge is 0.456 e. The van der Waals surface area contributed by atoms with E-state index in [0.29, 0.717) is 34.0 Å². The van der Waals surface area contributed by atoms with E-state index in [1.165, 1.54) is 0 Å². The highest BCUT2D eigenvalue weighted by Gasteiger charge is 2.24. The number of hydrogen-bond acceptors (Lipinski definition) is 3. The Hall–Kier alpha value is -10.8. The standard InChI is InChI=1S/C72H48N6O/c1-5-23-50(24-6-1)57-36-22-37-58(51-25-7-2-8-26-51)72(57)75-49-74(66-41-19-20-42-67(66)75)54-31-21-32-56(45-54)79-70-48-68-62(47-69(70)77-63-38-16-13-33-59(63)60-34-14-17-39-64(60)77)61-35-15-18-40-65(61)78(68)71-46-55(43-44-73-71)76(52-27-9-3-10-28-52)53-29-11-4-12-30-53/h1-48H/i1D,2D,5D,6D,7D,8D,23D,24D,25D,26D. The van der Waals surface area contributed by atoms with E-state index in [1.807, 2.05) is 132 Å². The van der Waals surface area contributed by atoms with Gasteiger partial charge in [0.25, 0.3) is 6.33 Å². The number of nitrogens with zero attached hydrogens (tertiary/aromatic N) is 6. The first-order chi connectivity index (χ1) is 43.4. The van der Waals surface area contributed by atoms with Crippen LogP contribution in [0.2, 0.25) is 0 Å². The van der Waals surface area contributed by atoms with Gasteiger partial charge in [-0.1, -0.05) is 200 Å². The number of hydrogen-bond donors (Lipinski definition) is 0. The summed E-state index contributed by atoms with van der Waals surface area (Å²) in [5.41, 5.74) is 9.33. The Morgan fingerprint density at radius 2 is 0.987 bits per heavy atom. The highest BCUT2D eigenvalue weighted by molar-refractivity contribution is 6.13. The number of para-hydroxylation sites is 8. The Morgan fingerprint density at radius 1 is 0.443 bits per heavy atom. The third-order valence-corrected chi connectivity index (χ3v) is 14.5. The van der Waals surface area contributed by atoms with Crippen molar-refractivity contribution in [2.45, 2.75) is 0 Å². The molecule has 7 nitrogen and oxygen atoms in total. The average Bonchev–Trinajstić information content (AvgIpc) is 1.71. The van der Waals surface area contributed by atoms with Crippen LogP contribution < -0.4 is 14.2 Å². The number of rotatable bonds is 11. The van der Waals surface area contributed by atoms with E-state index in [9.17, 15) is 5.48 Å². The van der Waals surface area contributed by atoms with Crippen molar-refractivity contribution in [2.75, 3.05) is 4.90 Å². The normalized spacial score (nSPS) is 13.3. The first kappa shape index (κ1) is 36.3. The van der Waals surface area contributed by atoms with Crippen molar-refractivity contribution < 1.29 is 23.0 Å². The smallest absolute Gasteiger partial charge is 0.269 e. The number of aromatic nitrogens is 5. The van der Waals surface area contributed by atoms with Gasteiger partial charge in [0.15, 0.2) is 5.75 Å². The summed E-state index contributed by atoms with van der Waals surface area (Å²) in [4.78, 5) is 7.31. The van der Waals surface area contributed by atoms with Gasteiger partial charge in [0.05, 0.1) is 69.6 Å². The number of pyridine rings is 1. The molecular weight excluding hydrogens is 965 g/mol. The first-order valence-electron chi connectivity index (χ1n) is 30.8. The summed E-state index contributed by atoms with van der Waals surface area (Å²) < 4.78 is 104. The Morgan fingerprint density at radius 3 is 1.62 bits per heavy atom. The second-order valence-electron chi connectivity index (χ2n) is 19.0. The van der Waals surface area contributed by atoms with Crippen LogP contribution in [0.25, 0.3) is 99.8 Å². The predicted molar refractivity (Wildman–Crippen MR) is 322 cm³/mol. The maximum Gasteiger partial charge on any atom is 0.269 e. The Labute approximate surface area is 470 Å². The van der Waals surface area contributed by atoms with Gasteiger partial charge in [-0.2, -0.15) is 0 Å². The maximum atomic E-state index is 9.18. The van der Waals surface area contributed by atoms with Crippen LogP contribution in [0.1, 0.15) is 13.7 Å². The molecule has 7 heteroatoms. The van der Waals surface area contributed by atoms with E-state index in [2.05, 4.69) is 105 Å². The van der Waals surface area contributed by atoms with Gasteiger partial charge in [0, 0.05) is 51.2 Å². The van der Waals surface area contributed by atoms with Crippen LogP contribution in [0.15, 0.2) is 291 Å². The van der Waals surface area contributed by atoms with Gasteiger partial charge in [-0.05, 0) is 95.1 Å². The molecule has 11 aromatic carbocycles. The molecule has 79 heavy (non-hydrogen) atoms. The zero-order valence-corrected chi connectivity index (χ0v) is 42.0. The van der Waals surface area contributed by atoms with Crippen molar-refractivity contribution >= 4 is 71.7 Å². The van der Waals surface area contributed by atoms with Gasteiger partial charge in [0.1, 0.15) is 11.6 Å². The highest BCUT2D eigenvalue weighted by Crippen LogP contribution is 2.44. The summed E-state index contributed by atoms with van der Waals surface area (Å²) in [5.74, 6) is 1.68. The van der Waals surface area contributed by atoms with Crippen LogP contribution in [0.4, 0.5) is 17.1 Å². The Kier molecular flexibility index (Phi) is 8.77. The highest BCUT2D eigenvalue weighted by atomic mass is 16.5. The number of fused-ring (bicyclic) bond motifs is 7. The number of ether oxygens (including phenoxy) is 1. The summed E-state index contributed by atoms with van der Waals surface area (Å²) in [7, 11) is 0. The first-order valence-corrected chi connectivity index (χ1v) is 25.8. The molecule has 0 bridgehead atoms. The lowest BCUT2D eigenvalue weighted by Gasteiger charge is -2.25. The lowest BCUT2D eigenvalue weighted by molar-refractivity contribution is -0.571. The van der Waals surface area contributed by atoms with Crippen molar-refractivity contribution in [3.63, 3.8) is 0 Å². The van der Waals surface area contributed by atoms with Crippen molar-refractivity contribution in [3.8, 4) is 56.6 Å². The van der Waals surface area contributed by atoms with Crippen molar-refractivity contribution in [2.24, 2.45) is 0 Å². The molecule has 0 radical (unpaired) electrons. The Bertz CT molecular complexity index is 5160. The van der Waals surface area contributed by atoms with Crippen LogP contribution in [-0.2, 0) is 0 Å². The lowest BCUT2D eigenvalue weighted by atomic mass is 9.95. The molecule has 0 aliphatic rings. The molecule has 15 rings (SSSR count). The molecule has 0 aliphatic heterocycles. The molecule has 0 fully saturated rings. The van der Waals surface area contributed by atoms with Crippen molar-refractivity contribution in [3.05, 3.63) is 297 Å². The monoisotopic (exact) mass is 1020 g/mol. The van der Waals surface area contributed by atoms with Gasteiger partial charge in [0.2, 0.25) is 0 Å². The van der Waals surface area contributed by atoms with E-state index >= 15 is 0 Å². The Balaban J connectivity index is 0.944. The molecule has 0 unspecified atom stereocenters. The third-order valence-electron chi connectivity index (χ3n) is 14.5. The summed E-state index contributed by atoms with van der Waals surface area (Å²) in [5, 5.41) is 4.14. The van der Waals surface area contributed by atoms with Crippen LogP contribution in [0.3, 0.4) is 0 Å². The molecule has 0 aliphatic carbocycles. The van der Waals surface area contributed by atoms with Gasteiger partial charge in [-0.3, -0.25) is 13.7 Å². The van der Waals surface area contributed by atoms with E-state index in [0.717, 1.165) is 66.4 Å². The molecule has 0 saturated heterocycles. The van der Waals surface area contributed by atoms with Gasteiger partial charge in [-0.15, -0.1) is 0 Å². The molecule has 0 spiro atoms. The molecule has 4 heterocycles. The molecule has 0 saturated carbocycles. The molecule has 0 amide bonds. The van der Waals surface area contributed by atoms with Crippen LogP contribution in [0, 0.1) is 6.33 Å². The molecule has 4 aromatic heterocycles. The number of benzene rings is 11. The second-order valence-corrected chi connectivity index (χ2v) is 19.0. The van der Waals surface area contributed by atoms with Crippen LogP contribution in [-0.4, -0.2) is 18.7 Å². The number of imidazole rings is 1. The predicted octanol–water partition coefficient (Wildman–Crippen LogP) is 17.9. The molecule has 372 valence electrons. The fourth-order valence-electron chi connectivity index (χ4n) is 11.1. The third kappa shape index (κ3) is 7.83. The minimum Gasteiger partial charge on any atom is -0.456 e. The van der Waals surface area contributed by atoms with E-state index in [-0.39, 0.29) is 27.9 Å². The zero-order valence-electron chi connectivity index (χ0n) is 52.0. The van der Waals surface area contributed by atoms with Crippen LogP contribution in [0.5, 0.6) is 11.5 Å². The molecular formula is C72H48N6O. The van der Waals surface area contributed by atoms with E-state index in [4.69, 9.17) is 17.9 Å². The minimum absolute atomic E-state index is 0.143. The van der Waals surface area contributed by atoms with Gasteiger partial charge in [-0.25, -0.2) is 4.98 Å². The molecule has 0 atom stereocenters. The summed E-state index contributed by atoms with van der Waals surface area (Å²) in [6, 6.07) is 68.4. The van der Waals surface area contributed by atoms with Gasteiger partial charge >= 0.3 is 0 Å². The summed E-state index contributed by atoms with van der Waals surface area (Å²) in [6.45, 7) is 0. The lowest BCUT2D eigenvalue weighted by Crippen LogP contribution is -2.31. The van der Waals surface area contributed by atoms with E-state index in [1.54, 1.807) is 22.8 Å². The SMILES string of the molecule is [2H]c1c([2H])c([2H])c(-c2cccc(-c3c([2H])c([2H])c([2H])c([2H])c3[2H])c2-[n+]2[c-]n(-c3cccc(Oc4cc5c(cc4-n4c6ccccc6c6ccccc64)c4ccccc4n5-c4cc(N(c5ccccc5)c5ccccc5)ccn4)c3)c3ccccc32)c([2H])c1[2H].